The van der Waals surface area contributed by atoms with Crippen LogP contribution in [0.5, 0.6) is 0 Å². The van der Waals surface area contributed by atoms with E-state index in [-0.39, 0.29) is 36.4 Å². The van der Waals surface area contributed by atoms with E-state index < -0.39 is 0 Å². The Morgan fingerprint density at radius 1 is 1.30 bits per heavy atom. The molecule has 1 saturated heterocycles. The number of ether oxygens (including phenoxy) is 1. The molecule has 1 amide bonds. The lowest BCUT2D eigenvalue weighted by Gasteiger charge is -2.34. The van der Waals surface area contributed by atoms with Crippen LogP contribution in [0.1, 0.15) is 25.3 Å². The summed E-state index contributed by atoms with van der Waals surface area (Å²) in [5, 5.41) is 10.4. The maximum absolute atomic E-state index is 12.2. The Morgan fingerprint density at radius 3 is 2.77 bits per heavy atom. The summed E-state index contributed by atoms with van der Waals surface area (Å²) in [5.41, 5.74) is 1.85. The summed E-state index contributed by atoms with van der Waals surface area (Å²) >= 11 is 0. The highest BCUT2D eigenvalue weighted by Crippen LogP contribution is 2.14. The summed E-state index contributed by atoms with van der Waals surface area (Å²) in [4.78, 5) is 18.9. The second-order valence-electron chi connectivity index (χ2n) is 6.99. The van der Waals surface area contributed by atoms with Crippen LogP contribution in [0.2, 0.25) is 0 Å². The first-order valence-corrected chi connectivity index (χ1v) is 10.1. The molecule has 0 saturated carbocycles. The van der Waals surface area contributed by atoms with E-state index >= 15 is 0 Å². The molecule has 0 bridgehead atoms. The molecule has 1 aromatic heterocycles. The molecule has 2 aromatic rings. The third-order valence-corrected chi connectivity index (χ3v) is 4.88. The lowest BCUT2D eigenvalue weighted by atomic mass is 10.1. The number of guanidine groups is 1. The van der Waals surface area contributed by atoms with Gasteiger partial charge in [0.05, 0.1) is 6.10 Å². The first-order chi connectivity index (χ1) is 14.2. The van der Waals surface area contributed by atoms with Crippen molar-refractivity contribution in [2.75, 3.05) is 32.1 Å². The Hall–Kier alpha value is -2.14. The number of nitrogens with zero attached hydrogens (tertiary/aromatic N) is 4. The fraction of sp³-hybridized carbons (Fsp3) is 0.476. The smallest absolute Gasteiger partial charge is 0.246 e. The number of aromatic nitrogens is 2. The van der Waals surface area contributed by atoms with Gasteiger partial charge in [-0.1, -0.05) is 12.1 Å². The van der Waals surface area contributed by atoms with Gasteiger partial charge >= 0.3 is 0 Å². The number of rotatable bonds is 7. The third kappa shape index (κ3) is 7.28. The molecule has 30 heavy (non-hydrogen) atoms. The van der Waals surface area contributed by atoms with Crippen LogP contribution in [0.3, 0.4) is 0 Å². The van der Waals surface area contributed by atoms with Crippen LogP contribution in [-0.4, -0.2) is 59.4 Å². The molecule has 164 valence electrons. The van der Waals surface area contributed by atoms with Crippen molar-refractivity contribution in [1.29, 1.82) is 0 Å². The molecule has 9 heteroatoms. The summed E-state index contributed by atoms with van der Waals surface area (Å²) < 4.78 is 7.32. The quantitative estimate of drug-likeness (QED) is 0.330. The van der Waals surface area contributed by atoms with Gasteiger partial charge in [-0.05, 0) is 43.5 Å². The third-order valence-electron chi connectivity index (χ3n) is 4.88. The molecule has 2 heterocycles. The summed E-state index contributed by atoms with van der Waals surface area (Å²) in [7, 11) is 1.81. The number of hydrogen-bond donors (Lipinski definition) is 2. The molecule has 1 aliphatic rings. The maximum atomic E-state index is 12.2. The van der Waals surface area contributed by atoms with Gasteiger partial charge in [-0.2, -0.15) is 5.10 Å². The highest BCUT2D eigenvalue weighted by molar-refractivity contribution is 14.0. The van der Waals surface area contributed by atoms with Crippen molar-refractivity contribution in [3.63, 3.8) is 0 Å². The number of piperidine rings is 1. The first-order valence-electron chi connectivity index (χ1n) is 10.1. The number of benzene rings is 1. The van der Waals surface area contributed by atoms with Crippen LogP contribution >= 0.6 is 24.0 Å². The Morgan fingerprint density at radius 2 is 2.10 bits per heavy atom. The Labute approximate surface area is 195 Å². The first kappa shape index (κ1) is 24.1. The molecular formula is C21H31IN6O2. The SMILES string of the molecule is CCOC1CCN(C(=NC)NCc2cccc(NC(=O)Cn3cccn3)c2)CC1.I. The highest BCUT2D eigenvalue weighted by atomic mass is 127. The number of hydrogen-bond acceptors (Lipinski definition) is 4. The van der Waals surface area contributed by atoms with Gasteiger partial charge in [0.1, 0.15) is 6.54 Å². The van der Waals surface area contributed by atoms with E-state index in [1.807, 2.05) is 38.2 Å². The number of carbonyl (C=O) groups excluding carboxylic acids is 1. The minimum absolute atomic E-state index is 0. The van der Waals surface area contributed by atoms with Gasteiger partial charge in [-0.25, -0.2) is 0 Å². The normalized spacial score (nSPS) is 14.9. The lowest BCUT2D eigenvalue weighted by molar-refractivity contribution is -0.116. The fourth-order valence-corrected chi connectivity index (χ4v) is 3.48. The van der Waals surface area contributed by atoms with Crippen molar-refractivity contribution in [1.82, 2.24) is 20.0 Å². The van der Waals surface area contributed by atoms with Crippen molar-refractivity contribution in [3.05, 3.63) is 48.3 Å². The average molecular weight is 526 g/mol. The van der Waals surface area contributed by atoms with E-state index in [4.69, 9.17) is 4.74 Å². The van der Waals surface area contributed by atoms with Crippen LogP contribution in [-0.2, 0) is 22.6 Å². The van der Waals surface area contributed by atoms with Gasteiger partial charge in [0.15, 0.2) is 5.96 Å². The van der Waals surface area contributed by atoms with Gasteiger partial charge < -0.3 is 20.3 Å². The zero-order valence-corrected chi connectivity index (χ0v) is 19.9. The number of aliphatic imine (C=N–C) groups is 1. The molecule has 0 atom stereocenters. The van der Waals surface area contributed by atoms with Crippen LogP contribution in [0.15, 0.2) is 47.7 Å². The average Bonchev–Trinajstić information content (AvgIpc) is 3.23. The predicted octanol–water partition coefficient (Wildman–Crippen LogP) is 2.72. The predicted molar refractivity (Wildman–Crippen MR) is 129 cm³/mol. The number of anilines is 1. The molecule has 3 rings (SSSR count). The fourth-order valence-electron chi connectivity index (χ4n) is 3.48. The molecule has 8 nitrogen and oxygen atoms in total. The summed E-state index contributed by atoms with van der Waals surface area (Å²) in [6, 6.07) is 9.63. The summed E-state index contributed by atoms with van der Waals surface area (Å²) in [6.07, 6.45) is 5.82. The lowest BCUT2D eigenvalue weighted by Crippen LogP contribution is -2.46. The van der Waals surface area contributed by atoms with Crippen LogP contribution in [0.4, 0.5) is 5.69 Å². The number of carbonyl (C=O) groups is 1. The van der Waals surface area contributed by atoms with E-state index in [9.17, 15) is 4.79 Å². The Kier molecular flexibility index (Phi) is 10.1. The highest BCUT2D eigenvalue weighted by Gasteiger charge is 2.21. The number of nitrogens with one attached hydrogen (secondary N) is 2. The van der Waals surface area contributed by atoms with Crippen molar-refractivity contribution in [3.8, 4) is 0 Å². The number of halogens is 1. The molecule has 0 aliphatic carbocycles. The summed E-state index contributed by atoms with van der Waals surface area (Å²) in [6.45, 7) is 5.52. The molecule has 0 spiro atoms. The van der Waals surface area contributed by atoms with Gasteiger partial charge in [0.2, 0.25) is 5.91 Å². The molecule has 2 N–H and O–H groups in total. The Bertz CT molecular complexity index is 804. The van der Waals surface area contributed by atoms with Crippen LogP contribution in [0, 0.1) is 0 Å². The zero-order chi connectivity index (χ0) is 20.5. The monoisotopic (exact) mass is 526 g/mol. The topological polar surface area (TPSA) is 83.8 Å². The number of amides is 1. The van der Waals surface area contributed by atoms with Crippen molar-refractivity contribution in [2.24, 2.45) is 4.99 Å². The Balaban J connectivity index is 0.00000320. The minimum atomic E-state index is -0.105. The van der Waals surface area contributed by atoms with Crippen molar-refractivity contribution >= 4 is 41.5 Å². The van der Waals surface area contributed by atoms with Gasteiger partial charge in [-0.3, -0.25) is 14.5 Å². The molecule has 0 radical (unpaired) electrons. The van der Waals surface area contributed by atoms with Gasteiger partial charge in [-0.15, -0.1) is 24.0 Å². The minimum Gasteiger partial charge on any atom is -0.378 e. The van der Waals surface area contributed by atoms with Crippen molar-refractivity contribution < 1.29 is 9.53 Å². The molecule has 0 unspecified atom stereocenters. The van der Waals surface area contributed by atoms with Crippen molar-refractivity contribution in [2.45, 2.75) is 39.0 Å². The van der Waals surface area contributed by atoms with E-state index in [0.29, 0.717) is 12.6 Å². The zero-order valence-electron chi connectivity index (χ0n) is 17.6. The van der Waals surface area contributed by atoms with Gasteiger partial charge in [0.25, 0.3) is 0 Å². The van der Waals surface area contributed by atoms with E-state index in [1.165, 1.54) is 0 Å². The second-order valence-corrected chi connectivity index (χ2v) is 6.99. The molecular weight excluding hydrogens is 495 g/mol. The number of likely N-dealkylation sites (tertiary alicyclic amines) is 1. The largest absolute Gasteiger partial charge is 0.378 e. The van der Waals surface area contributed by atoms with E-state index in [0.717, 1.165) is 49.7 Å². The van der Waals surface area contributed by atoms with Crippen LogP contribution < -0.4 is 10.6 Å². The van der Waals surface area contributed by atoms with E-state index in [1.54, 1.807) is 23.1 Å². The molecule has 1 fully saturated rings. The van der Waals surface area contributed by atoms with Crippen LogP contribution in [0.25, 0.3) is 0 Å². The van der Waals surface area contributed by atoms with E-state index in [2.05, 4.69) is 25.6 Å². The standard InChI is InChI=1S/C21H30N6O2.HI/c1-3-29-19-8-12-26(13-9-19)21(22-2)23-15-17-6-4-7-18(14-17)25-20(28)16-27-11-5-10-24-27;/h4-7,10-11,14,19H,3,8-9,12-13,15-16H2,1-2H3,(H,22,23)(H,25,28);1H. The van der Waals surface area contributed by atoms with Gasteiger partial charge in [0, 0.05) is 51.4 Å². The molecule has 1 aliphatic heterocycles. The second kappa shape index (κ2) is 12.5. The molecule has 1 aromatic carbocycles. The summed E-state index contributed by atoms with van der Waals surface area (Å²) in [5.74, 6) is 0.792. The maximum Gasteiger partial charge on any atom is 0.246 e.